The van der Waals surface area contributed by atoms with Gasteiger partial charge in [-0.1, -0.05) is 18.2 Å². The highest BCUT2D eigenvalue weighted by atomic mass is 16.4. The maximum Gasteiger partial charge on any atom is 0.305 e. The van der Waals surface area contributed by atoms with Crippen LogP contribution in [0.15, 0.2) is 35.1 Å². The minimum absolute atomic E-state index is 0.0885. The smallest absolute Gasteiger partial charge is 0.305 e. The van der Waals surface area contributed by atoms with Gasteiger partial charge in [-0.25, -0.2) is 4.98 Å². The van der Waals surface area contributed by atoms with Gasteiger partial charge in [0.25, 0.3) is 0 Å². The number of benzene rings is 1. The van der Waals surface area contributed by atoms with Crippen molar-refractivity contribution in [3.05, 3.63) is 47.7 Å². The molecule has 0 radical (unpaired) electrons. The van der Waals surface area contributed by atoms with Crippen molar-refractivity contribution in [1.29, 1.82) is 0 Å². The van der Waals surface area contributed by atoms with E-state index in [1.54, 1.807) is 0 Å². The average molecular weight is 274 g/mol. The van der Waals surface area contributed by atoms with Crippen LogP contribution < -0.4 is 4.90 Å². The molecule has 0 aliphatic rings. The van der Waals surface area contributed by atoms with Gasteiger partial charge in [-0.2, -0.15) is 0 Å². The Labute approximate surface area is 117 Å². The maximum absolute atomic E-state index is 10.8. The highest BCUT2D eigenvalue weighted by Crippen LogP contribution is 2.22. The molecule has 0 bridgehead atoms. The summed E-state index contributed by atoms with van der Waals surface area (Å²) in [7, 11) is 0. The number of hydrogen-bond donors (Lipinski definition) is 1. The number of carboxylic acids is 1. The van der Waals surface area contributed by atoms with E-state index in [-0.39, 0.29) is 6.42 Å². The molecule has 0 fully saturated rings. The molecule has 1 heterocycles. The summed E-state index contributed by atoms with van der Waals surface area (Å²) in [5, 5.41) is 8.90. The zero-order valence-corrected chi connectivity index (χ0v) is 11.7. The molecule has 2 rings (SSSR count). The minimum Gasteiger partial charge on any atom is -0.481 e. The molecule has 0 saturated heterocycles. The Bertz CT molecular complexity index is 592. The van der Waals surface area contributed by atoms with Crippen molar-refractivity contribution in [2.24, 2.45) is 0 Å². The number of para-hydroxylation sites is 1. The van der Waals surface area contributed by atoms with Gasteiger partial charge in [-0.3, -0.25) is 4.79 Å². The van der Waals surface area contributed by atoms with Crippen LogP contribution in [0.3, 0.4) is 0 Å². The van der Waals surface area contributed by atoms with E-state index in [1.165, 1.54) is 6.39 Å². The van der Waals surface area contributed by atoms with E-state index in [0.717, 1.165) is 22.7 Å². The number of aryl methyl sites for hydroxylation is 2. The van der Waals surface area contributed by atoms with E-state index in [4.69, 9.17) is 9.52 Å². The highest BCUT2D eigenvalue weighted by Gasteiger charge is 2.14. The molecule has 1 N–H and O–H groups in total. The van der Waals surface area contributed by atoms with Gasteiger partial charge in [0, 0.05) is 12.2 Å². The summed E-state index contributed by atoms with van der Waals surface area (Å²) in [6, 6.07) is 7.92. The number of aromatic nitrogens is 1. The molecule has 0 aliphatic heterocycles. The van der Waals surface area contributed by atoms with Crippen molar-refractivity contribution >= 4 is 11.7 Å². The Morgan fingerprint density at radius 2 is 2.10 bits per heavy atom. The summed E-state index contributed by atoms with van der Waals surface area (Å²) in [5.41, 5.74) is 2.97. The third kappa shape index (κ3) is 3.38. The SMILES string of the molecule is Cc1ccccc1N(CCC(=O)O)Cc1ncoc1C. The van der Waals surface area contributed by atoms with E-state index < -0.39 is 5.97 Å². The summed E-state index contributed by atoms with van der Waals surface area (Å²) < 4.78 is 5.20. The first-order valence-corrected chi connectivity index (χ1v) is 6.49. The minimum atomic E-state index is -0.805. The van der Waals surface area contributed by atoms with Crippen molar-refractivity contribution < 1.29 is 14.3 Å². The first-order chi connectivity index (χ1) is 9.58. The predicted octanol–water partition coefficient (Wildman–Crippen LogP) is 2.77. The number of rotatable bonds is 6. The largest absolute Gasteiger partial charge is 0.481 e. The van der Waals surface area contributed by atoms with Crippen LogP contribution >= 0.6 is 0 Å². The molecule has 2 aromatic rings. The molecular formula is C15H18N2O3. The second kappa shape index (κ2) is 6.23. The Hall–Kier alpha value is -2.30. The van der Waals surface area contributed by atoms with E-state index in [0.29, 0.717) is 13.1 Å². The lowest BCUT2D eigenvalue weighted by molar-refractivity contribution is -0.136. The Kier molecular flexibility index (Phi) is 4.40. The van der Waals surface area contributed by atoms with Crippen LogP contribution in [0.25, 0.3) is 0 Å². The quantitative estimate of drug-likeness (QED) is 0.877. The van der Waals surface area contributed by atoms with Crippen LogP contribution in [-0.2, 0) is 11.3 Å². The lowest BCUT2D eigenvalue weighted by atomic mass is 10.1. The summed E-state index contributed by atoms with van der Waals surface area (Å²) in [6.45, 7) is 4.85. The molecule has 20 heavy (non-hydrogen) atoms. The number of oxazole rings is 1. The van der Waals surface area contributed by atoms with E-state index in [9.17, 15) is 4.79 Å². The molecule has 106 valence electrons. The van der Waals surface area contributed by atoms with E-state index in [1.807, 2.05) is 43.0 Å². The van der Waals surface area contributed by atoms with Gasteiger partial charge in [0.2, 0.25) is 0 Å². The molecule has 1 aromatic heterocycles. The molecule has 5 nitrogen and oxygen atoms in total. The van der Waals surface area contributed by atoms with Crippen LogP contribution in [0.2, 0.25) is 0 Å². The number of carbonyl (C=O) groups is 1. The van der Waals surface area contributed by atoms with Crippen molar-refractivity contribution in [3.8, 4) is 0 Å². The standard InChI is InChI=1S/C15H18N2O3/c1-11-5-3-4-6-14(11)17(8-7-15(18)19)9-13-12(2)20-10-16-13/h3-6,10H,7-9H2,1-2H3,(H,18,19). The molecule has 0 spiro atoms. The second-order valence-corrected chi connectivity index (χ2v) is 4.71. The maximum atomic E-state index is 10.8. The number of carboxylic acid groups (broad SMARTS) is 1. The first kappa shape index (κ1) is 14.1. The summed E-state index contributed by atoms with van der Waals surface area (Å²) in [5.74, 6) is -0.0423. The van der Waals surface area contributed by atoms with E-state index >= 15 is 0 Å². The monoisotopic (exact) mass is 274 g/mol. The first-order valence-electron chi connectivity index (χ1n) is 6.49. The molecule has 5 heteroatoms. The number of nitrogens with zero attached hydrogens (tertiary/aromatic N) is 2. The van der Waals surface area contributed by atoms with Gasteiger partial charge >= 0.3 is 5.97 Å². The van der Waals surface area contributed by atoms with Gasteiger partial charge < -0.3 is 14.4 Å². The van der Waals surface area contributed by atoms with Crippen LogP contribution in [0.4, 0.5) is 5.69 Å². The van der Waals surface area contributed by atoms with Gasteiger partial charge in [0.15, 0.2) is 6.39 Å². The summed E-state index contributed by atoms with van der Waals surface area (Å²) >= 11 is 0. The molecule has 0 atom stereocenters. The van der Waals surface area contributed by atoms with Crippen molar-refractivity contribution in [1.82, 2.24) is 4.98 Å². The number of hydrogen-bond acceptors (Lipinski definition) is 4. The molecule has 1 aromatic carbocycles. The average Bonchev–Trinajstić information content (AvgIpc) is 2.81. The lowest BCUT2D eigenvalue weighted by Crippen LogP contribution is -2.26. The zero-order chi connectivity index (χ0) is 14.5. The van der Waals surface area contributed by atoms with Gasteiger partial charge in [0.1, 0.15) is 11.5 Å². The fourth-order valence-electron chi connectivity index (χ4n) is 2.09. The Morgan fingerprint density at radius 1 is 1.35 bits per heavy atom. The third-order valence-electron chi connectivity index (χ3n) is 3.24. The molecule has 0 amide bonds. The van der Waals surface area contributed by atoms with E-state index in [2.05, 4.69) is 4.98 Å². The van der Waals surface area contributed by atoms with Crippen LogP contribution in [0.1, 0.15) is 23.4 Å². The van der Waals surface area contributed by atoms with Crippen LogP contribution in [0.5, 0.6) is 0 Å². The van der Waals surface area contributed by atoms with Crippen molar-refractivity contribution in [2.45, 2.75) is 26.8 Å². The van der Waals surface area contributed by atoms with Gasteiger partial charge in [-0.05, 0) is 25.5 Å². The number of anilines is 1. The lowest BCUT2D eigenvalue weighted by Gasteiger charge is -2.25. The zero-order valence-electron chi connectivity index (χ0n) is 11.7. The number of aliphatic carboxylic acids is 1. The Balaban J connectivity index is 2.23. The molecular weight excluding hydrogens is 256 g/mol. The normalized spacial score (nSPS) is 10.5. The van der Waals surface area contributed by atoms with Crippen molar-refractivity contribution in [2.75, 3.05) is 11.4 Å². The summed E-state index contributed by atoms with van der Waals surface area (Å²) in [4.78, 5) is 17.0. The molecule has 0 aliphatic carbocycles. The van der Waals surface area contributed by atoms with Crippen molar-refractivity contribution in [3.63, 3.8) is 0 Å². The van der Waals surface area contributed by atoms with Crippen LogP contribution in [0, 0.1) is 13.8 Å². The van der Waals surface area contributed by atoms with Crippen LogP contribution in [-0.4, -0.2) is 22.6 Å². The molecule has 0 unspecified atom stereocenters. The second-order valence-electron chi connectivity index (χ2n) is 4.71. The predicted molar refractivity (Wildman–Crippen MR) is 75.7 cm³/mol. The third-order valence-corrected chi connectivity index (χ3v) is 3.24. The topological polar surface area (TPSA) is 66.6 Å². The Morgan fingerprint density at radius 3 is 2.70 bits per heavy atom. The van der Waals surface area contributed by atoms with Gasteiger partial charge in [0.05, 0.1) is 13.0 Å². The molecule has 0 saturated carbocycles. The highest BCUT2D eigenvalue weighted by molar-refractivity contribution is 5.68. The van der Waals surface area contributed by atoms with Gasteiger partial charge in [-0.15, -0.1) is 0 Å². The fourth-order valence-corrected chi connectivity index (χ4v) is 2.09. The summed E-state index contributed by atoms with van der Waals surface area (Å²) in [6.07, 6.45) is 1.50. The fraction of sp³-hybridized carbons (Fsp3) is 0.333.